The number of nitrogens with zero attached hydrogens (tertiary/aromatic N) is 3. The van der Waals surface area contributed by atoms with Gasteiger partial charge in [0.15, 0.2) is 0 Å². The molecule has 0 aromatic carbocycles. The van der Waals surface area contributed by atoms with Crippen LogP contribution in [0.25, 0.3) is 0 Å². The number of hydrogen-bond acceptors (Lipinski definition) is 4. The first-order valence-corrected chi connectivity index (χ1v) is 8.69. The minimum absolute atomic E-state index is 0. The summed E-state index contributed by atoms with van der Waals surface area (Å²) in [6.45, 7) is 5.54. The molecule has 1 aliphatic rings. The van der Waals surface area contributed by atoms with Crippen LogP contribution in [0.4, 0.5) is 0 Å². The van der Waals surface area contributed by atoms with E-state index in [-0.39, 0.29) is 42.7 Å². The molecule has 1 aliphatic heterocycles. The summed E-state index contributed by atoms with van der Waals surface area (Å²) in [6.07, 6.45) is 3.74. The predicted octanol–water partition coefficient (Wildman–Crippen LogP) is 1.27. The second-order valence-electron chi connectivity index (χ2n) is 6.53. The molecule has 2 rings (SSSR count). The van der Waals surface area contributed by atoms with Crippen molar-refractivity contribution in [3.63, 3.8) is 0 Å². The molecular formula is C17H31Cl2N5O2. The van der Waals surface area contributed by atoms with Gasteiger partial charge in [-0.05, 0) is 33.1 Å². The van der Waals surface area contributed by atoms with Gasteiger partial charge in [0.25, 0.3) is 0 Å². The van der Waals surface area contributed by atoms with Gasteiger partial charge in [-0.3, -0.25) is 14.3 Å². The van der Waals surface area contributed by atoms with Crippen molar-refractivity contribution in [1.29, 1.82) is 0 Å². The summed E-state index contributed by atoms with van der Waals surface area (Å²) < 4.78 is 1.82. The molecule has 1 aromatic rings. The van der Waals surface area contributed by atoms with Gasteiger partial charge in [0.05, 0.1) is 12.1 Å². The normalized spacial score (nSPS) is 16.5. The number of likely N-dealkylation sites (tertiary alicyclic amines) is 1. The van der Waals surface area contributed by atoms with E-state index in [1.54, 1.807) is 0 Å². The van der Waals surface area contributed by atoms with Crippen LogP contribution < -0.4 is 11.1 Å². The molecule has 1 atom stereocenters. The molecule has 26 heavy (non-hydrogen) atoms. The SMILES string of the molecule is Cc1nn(C)c(C)c1CC(=O)N1CCCCC1CNC(=O)CCN.Cl.Cl. The van der Waals surface area contributed by atoms with Crippen LogP contribution in [0.5, 0.6) is 0 Å². The van der Waals surface area contributed by atoms with Gasteiger partial charge >= 0.3 is 0 Å². The van der Waals surface area contributed by atoms with Crippen LogP contribution in [0.2, 0.25) is 0 Å². The highest BCUT2D eigenvalue weighted by atomic mass is 35.5. The van der Waals surface area contributed by atoms with E-state index in [1.807, 2.05) is 30.5 Å². The van der Waals surface area contributed by atoms with Crippen LogP contribution in [-0.4, -0.2) is 52.2 Å². The largest absolute Gasteiger partial charge is 0.354 e. The average Bonchev–Trinajstić information content (AvgIpc) is 2.79. The fourth-order valence-electron chi connectivity index (χ4n) is 3.32. The maximum Gasteiger partial charge on any atom is 0.227 e. The van der Waals surface area contributed by atoms with Gasteiger partial charge in [0.1, 0.15) is 0 Å². The summed E-state index contributed by atoms with van der Waals surface area (Å²) in [4.78, 5) is 26.4. The number of amides is 2. The fourth-order valence-corrected chi connectivity index (χ4v) is 3.32. The van der Waals surface area contributed by atoms with Crippen LogP contribution in [0, 0.1) is 13.8 Å². The number of nitrogens with two attached hydrogens (primary N) is 1. The third-order valence-electron chi connectivity index (χ3n) is 4.84. The first-order valence-electron chi connectivity index (χ1n) is 8.69. The van der Waals surface area contributed by atoms with Crippen molar-refractivity contribution in [2.24, 2.45) is 12.8 Å². The molecule has 2 heterocycles. The van der Waals surface area contributed by atoms with E-state index in [1.165, 1.54) is 0 Å². The second-order valence-corrected chi connectivity index (χ2v) is 6.53. The zero-order chi connectivity index (χ0) is 17.7. The minimum Gasteiger partial charge on any atom is -0.354 e. The number of nitrogens with one attached hydrogen (secondary N) is 1. The van der Waals surface area contributed by atoms with Gasteiger partial charge in [-0.2, -0.15) is 5.10 Å². The first kappa shape index (κ1) is 24.7. The molecule has 0 aliphatic carbocycles. The van der Waals surface area contributed by atoms with Gasteiger partial charge in [-0.1, -0.05) is 0 Å². The van der Waals surface area contributed by atoms with E-state index in [0.717, 1.165) is 42.8 Å². The molecule has 1 fully saturated rings. The molecule has 1 unspecified atom stereocenters. The van der Waals surface area contributed by atoms with Crippen molar-refractivity contribution in [2.75, 3.05) is 19.6 Å². The zero-order valence-electron chi connectivity index (χ0n) is 15.8. The number of rotatable bonds is 6. The van der Waals surface area contributed by atoms with Crippen molar-refractivity contribution in [3.05, 3.63) is 17.0 Å². The van der Waals surface area contributed by atoms with Gasteiger partial charge in [-0.15, -0.1) is 24.8 Å². The maximum atomic E-state index is 12.8. The van der Waals surface area contributed by atoms with Gasteiger partial charge < -0.3 is 16.0 Å². The number of aryl methyl sites for hydroxylation is 2. The van der Waals surface area contributed by atoms with Crippen LogP contribution in [0.15, 0.2) is 0 Å². The molecule has 0 bridgehead atoms. The summed E-state index contributed by atoms with van der Waals surface area (Å²) >= 11 is 0. The van der Waals surface area contributed by atoms with Crippen LogP contribution in [0.3, 0.4) is 0 Å². The lowest BCUT2D eigenvalue weighted by atomic mass is 10.00. The van der Waals surface area contributed by atoms with E-state index in [9.17, 15) is 9.59 Å². The number of halogens is 2. The highest BCUT2D eigenvalue weighted by Crippen LogP contribution is 2.20. The molecule has 3 N–H and O–H groups in total. The number of carbonyl (C=O) groups is 2. The standard InChI is InChI=1S/C17H29N5O2.2ClH/c1-12-15(13(2)21(3)20-12)10-17(24)22-9-5-4-6-14(22)11-19-16(23)7-8-18;;/h14H,4-11,18H2,1-3H3,(H,19,23);2*1H. The smallest absolute Gasteiger partial charge is 0.227 e. The number of aromatic nitrogens is 2. The Morgan fingerprint density at radius 3 is 2.54 bits per heavy atom. The highest BCUT2D eigenvalue weighted by Gasteiger charge is 2.28. The Morgan fingerprint density at radius 1 is 1.27 bits per heavy atom. The lowest BCUT2D eigenvalue weighted by Crippen LogP contribution is -2.50. The quantitative estimate of drug-likeness (QED) is 0.742. The van der Waals surface area contributed by atoms with Crippen LogP contribution >= 0.6 is 24.8 Å². The molecule has 1 saturated heterocycles. The summed E-state index contributed by atoms with van der Waals surface area (Å²) in [7, 11) is 1.90. The molecule has 7 nitrogen and oxygen atoms in total. The topological polar surface area (TPSA) is 93.2 Å². The van der Waals surface area contributed by atoms with Crippen LogP contribution in [0.1, 0.15) is 42.6 Å². The molecule has 1 aromatic heterocycles. The van der Waals surface area contributed by atoms with E-state index >= 15 is 0 Å². The van der Waals surface area contributed by atoms with E-state index in [4.69, 9.17) is 5.73 Å². The molecular weight excluding hydrogens is 377 g/mol. The molecule has 9 heteroatoms. The molecule has 0 radical (unpaired) electrons. The van der Waals surface area contributed by atoms with Crippen molar-refractivity contribution in [2.45, 2.75) is 52.0 Å². The summed E-state index contributed by atoms with van der Waals surface area (Å²) in [6, 6.07) is 0.0743. The zero-order valence-corrected chi connectivity index (χ0v) is 17.4. The minimum atomic E-state index is -0.0468. The Kier molecular flexibility index (Phi) is 10.8. The molecule has 0 spiro atoms. The molecule has 0 saturated carbocycles. The monoisotopic (exact) mass is 407 g/mol. The third kappa shape index (κ3) is 6.14. The Morgan fingerprint density at radius 2 is 1.96 bits per heavy atom. The highest BCUT2D eigenvalue weighted by molar-refractivity contribution is 5.85. The van der Waals surface area contributed by atoms with E-state index in [2.05, 4.69) is 10.4 Å². The molecule has 2 amide bonds. The van der Waals surface area contributed by atoms with Crippen molar-refractivity contribution < 1.29 is 9.59 Å². The Balaban J connectivity index is 0.00000312. The Labute approximate surface area is 167 Å². The van der Waals surface area contributed by atoms with Gasteiger partial charge in [-0.25, -0.2) is 0 Å². The van der Waals surface area contributed by atoms with Crippen LogP contribution in [-0.2, 0) is 23.1 Å². The van der Waals surface area contributed by atoms with Gasteiger partial charge in [0.2, 0.25) is 11.8 Å². The fraction of sp³-hybridized carbons (Fsp3) is 0.706. The average molecular weight is 408 g/mol. The number of hydrogen-bond donors (Lipinski definition) is 2. The summed E-state index contributed by atoms with van der Waals surface area (Å²) in [5, 5.41) is 7.28. The van der Waals surface area contributed by atoms with Crippen molar-refractivity contribution in [1.82, 2.24) is 20.0 Å². The van der Waals surface area contributed by atoms with Crippen molar-refractivity contribution >= 4 is 36.6 Å². The first-order chi connectivity index (χ1) is 11.4. The lowest BCUT2D eigenvalue weighted by Gasteiger charge is -2.36. The second kappa shape index (κ2) is 11.4. The molecule has 150 valence electrons. The lowest BCUT2D eigenvalue weighted by molar-refractivity contribution is -0.134. The summed E-state index contributed by atoms with van der Waals surface area (Å²) in [5.74, 6) is 0.0707. The maximum absolute atomic E-state index is 12.8. The van der Waals surface area contributed by atoms with E-state index in [0.29, 0.717) is 25.9 Å². The summed E-state index contributed by atoms with van der Waals surface area (Å²) in [5.41, 5.74) is 8.35. The van der Waals surface area contributed by atoms with E-state index < -0.39 is 0 Å². The van der Waals surface area contributed by atoms with Crippen molar-refractivity contribution in [3.8, 4) is 0 Å². The third-order valence-corrected chi connectivity index (χ3v) is 4.84. The number of piperidine rings is 1. The predicted molar refractivity (Wildman–Crippen MR) is 107 cm³/mol. The Hall–Kier alpha value is -1.31. The van der Waals surface area contributed by atoms with Gasteiger partial charge in [0, 0.05) is 50.4 Å². The number of carbonyl (C=O) groups excluding carboxylic acids is 2. The Bertz CT molecular complexity index is 606.